The molecule has 0 radical (unpaired) electrons. The maximum Gasteiger partial charge on any atom is 0.0714 e. The summed E-state index contributed by atoms with van der Waals surface area (Å²) in [5.74, 6) is 0. The van der Waals surface area contributed by atoms with Crippen LogP contribution in [-0.2, 0) is 21.7 Å². The lowest BCUT2D eigenvalue weighted by molar-refractivity contribution is 0.589. The summed E-state index contributed by atoms with van der Waals surface area (Å²) in [5, 5.41) is 0. The number of benzene rings is 10. The Balaban J connectivity index is 1.12. The van der Waals surface area contributed by atoms with Gasteiger partial charge < -0.3 is 4.90 Å². The maximum absolute atomic E-state index is 2.51. The summed E-state index contributed by atoms with van der Waals surface area (Å²) in [7, 11) is 0. The molecule has 12 rings (SSSR count). The third-order valence-electron chi connectivity index (χ3n) is 15.6. The second-order valence-corrected chi connectivity index (χ2v) is 21.7. The first-order valence-electron chi connectivity index (χ1n) is 25.2. The molecule has 1 heteroatoms. The molecule has 1 nitrogen and oxygen atoms in total. The number of rotatable bonds is 8. The minimum Gasteiger partial charge on any atom is -0.310 e. The Labute approximate surface area is 420 Å². The first kappa shape index (κ1) is 44.2. The molecular formula is C70H59N. The number of hydrogen-bond donors (Lipinski definition) is 0. The minimum atomic E-state index is -0.618. The molecule has 71 heavy (non-hydrogen) atoms. The van der Waals surface area contributed by atoms with E-state index in [-0.39, 0.29) is 10.8 Å². The number of fused-ring (bicyclic) bond motifs is 6. The van der Waals surface area contributed by atoms with Crippen molar-refractivity contribution in [1.29, 1.82) is 0 Å². The highest BCUT2D eigenvalue weighted by atomic mass is 15.1. The smallest absolute Gasteiger partial charge is 0.0714 e. The molecular weight excluding hydrogens is 855 g/mol. The zero-order valence-corrected chi connectivity index (χ0v) is 41.6. The van der Waals surface area contributed by atoms with E-state index in [1.165, 1.54) is 89.0 Å². The molecule has 344 valence electrons. The number of para-hydroxylation sites is 1. The zero-order valence-electron chi connectivity index (χ0n) is 41.6. The highest BCUT2D eigenvalue weighted by Gasteiger charge is 2.48. The SMILES string of the molecule is CC(C)(C)c1ccc(C2(c3ccccc3)c3ccccc3-c3ccc(N(c4ccccc4)c4ccc5c(c4)C(c4ccc(C(C)(C)C)cc4)(c4cccc(-c6ccccc6)c4)c4ccccc4-5)cc32)cc1. The topological polar surface area (TPSA) is 3.24 Å². The molecule has 0 aliphatic heterocycles. The summed E-state index contributed by atoms with van der Waals surface area (Å²) in [5.41, 5.74) is 22.5. The molecule has 0 bridgehead atoms. The van der Waals surface area contributed by atoms with Crippen LogP contribution in [-0.4, -0.2) is 0 Å². The fourth-order valence-corrected chi connectivity index (χ4v) is 12.1. The van der Waals surface area contributed by atoms with Gasteiger partial charge in [0, 0.05) is 17.1 Å². The van der Waals surface area contributed by atoms with Crippen LogP contribution in [0.1, 0.15) is 97.2 Å². The molecule has 10 aromatic rings. The fourth-order valence-electron chi connectivity index (χ4n) is 12.1. The Bertz CT molecular complexity index is 3580. The molecule has 2 unspecified atom stereocenters. The Morgan fingerprint density at radius 3 is 1.14 bits per heavy atom. The Morgan fingerprint density at radius 1 is 0.268 bits per heavy atom. The van der Waals surface area contributed by atoms with Crippen molar-refractivity contribution in [3.05, 3.63) is 304 Å². The average molecular weight is 914 g/mol. The maximum atomic E-state index is 2.51. The van der Waals surface area contributed by atoms with E-state index in [1.807, 2.05) is 0 Å². The minimum absolute atomic E-state index is 0.0129. The van der Waals surface area contributed by atoms with Crippen molar-refractivity contribution < 1.29 is 0 Å². The fraction of sp³-hybridized carbons (Fsp3) is 0.143. The third kappa shape index (κ3) is 7.04. The molecule has 0 spiro atoms. The van der Waals surface area contributed by atoms with Gasteiger partial charge in [0.25, 0.3) is 0 Å². The van der Waals surface area contributed by atoms with Crippen LogP contribution in [0.15, 0.2) is 249 Å². The summed E-state index contributed by atoms with van der Waals surface area (Å²) in [4.78, 5) is 2.48. The summed E-state index contributed by atoms with van der Waals surface area (Å²) >= 11 is 0. The molecule has 2 atom stereocenters. The predicted molar refractivity (Wildman–Crippen MR) is 299 cm³/mol. The van der Waals surface area contributed by atoms with Crippen LogP contribution in [0, 0.1) is 0 Å². The molecule has 0 saturated heterocycles. The molecule has 0 saturated carbocycles. The second kappa shape index (κ2) is 16.9. The monoisotopic (exact) mass is 913 g/mol. The van der Waals surface area contributed by atoms with Gasteiger partial charge in [-0.2, -0.15) is 0 Å². The first-order chi connectivity index (χ1) is 34.5. The third-order valence-corrected chi connectivity index (χ3v) is 15.6. The van der Waals surface area contributed by atoms with Gasteiger partial charge >= 0.3 is 0 Å². The van der Waals surface area contributed by atoms with E-state index >= 15 is 0 Å². The molecule has 0 amide bonds. The van der Waals surface area contributed by atoms with Gasteiger partial charge in [-0.1, -0.05) is 248 Å². The summed E-state index contributed by atoms with van der Waals surface area (Å²) in [6, 6.07) is 93.9. The van der Waals surface area contributed by atoms with E-state index in [2.05, 4.69) is 295 Å². The highest BCUT2D eigenvalue weighted by Crippen LogP contribution is 2.60. The summed E-state index contributed by atoms with van der Waals surface area (Å²) in [6.45, 7) is 13.8. The van der Waals surface area contributed by atoms with Crippen molar-refractivity contribution >= 4 is 17.1 Å². The molecule has 0 heterocycles. The van der Waals surface area contributed by atoms with Gasteiger partial charge in [0.1, 0.15) is 0 Å². The van der Waals surface area contributed by atoms with Gasteiger partial charge in [-0.3, -0.25) is 0 Å². The van der Waals surface area contributed by atoms with Crippen molar-refractivity contribution in [2.75, 3.05) is 4.90 Å². The largest absolute Gasteiger partial charge is 0.310 e. The lowest BCUT2D eigenvalue weighted by Gasteiger charge is -2.36. The van der Waals surface area contributed by atoms with Crippen LogP contribution in [0.3, 0.4) is 0 Å². The van der Waals surface area contributed by atoms with Gasteiger partial charge in [0.2, 0.25) is 0 Å². The van der Waals surface area contributed by atoms with Crippen molar-refractivity contribution in [1.82, 2.24) is 0 Å². The molecule has 0 aromatic heterocycles. The second-order valence-electron chi connectivity index (χ2n) is 21.7. The zero-order chi connectivity index (χ0) is 48.5. The standard InChI is InChI=1S/C70H59N/c1-67(2,3)50-33-37-53(38-34-50)69(52-24-12-8-13-25-52)63-31-18-16-29-59(63)61-43-41-57(46-65(61)69)71(56-27-14-9-15-28-56)58-42-44-62-60-30-17-19-32-64(60)70(66(62)47-58,54-39-35-51(36-40-54)68(4,5)6)55-26-20-23-49(45-55)48-21-10-7-11-22-48/h7-47H,1-6H3. The molecule has 2 aliphatic rings. The lowest BCUT2D eigenvalue weighted by atomic mass is 9.67. The van der Waals surface area contributed by atoms with E-state index in [0.717, 1.165) is 17.1 Å². The highest BCUT2D eigenvalue weighted by molar-refractivity contribution is 5.92. The van der Waals surface area contributed by atoms with Gasteiger partial charge in [0.15, 0.2) is 0 Å². The number of nitrogens with zero attached hydrogens (tertiary/aromatic N) is 1. The molecule has 0 fully saturated rings. The van der Waals surface area contributed by atoms with Crippen LogP contribution in [0.5, 0.6) is 0 Å². The number of hydrogen-bond acceptors (Lipinski definition) is 1. The van der Waals surface area contributed by atoms with Crippen molar-refractivity contribution in [3.63, 3.8) is 0 Å². The first-order valence-corrected chi connectivity index (χ1v) is 25.2. The number of anilines is 3. The van der Waals surface area contributed by atoms with Gasteiger partial charge in [0.05, 0.1) is 10.8 Å². The molecule has 0 N–H and O–H groups in total. The summed E-state index contributed by atoms with van der Waals surface area (Å²) < 4.78 is 0. The van der Waals surface area contributed by atoms with E-state index in [4.69, 9.17) is 0 Å². The quantitative estimate of drug-likeness (QED) is 0.147. The van der Waals surface area contributed by atoms with E-state index < -0.39 is 10.8 Å². The predicted octanol–water partition coefficient (Wildman–Crippen LogP) is 18.1. The van der Waals surface area contributed by atoms with Crippen LogP contribution in [0.25, 0.3) is 33.4 Å². The van der Waals surface area contributed by atoms with Crippen LogP contribution in [0.2, 0.25) is 0 Å². The van der Waals surface area contributed by atoms with Crippen molar-refractivity contribution in [3.8, 4) is 33.4 Å². The van der Waals surface area contributed by atoms with E-state index in [1.54, 1.807) is 0 Å². The molecule has 2 aliphatic carbocycles. The van der Waals surface area contributed by atoms with Gasteiger partial charge in [-0.15, -0.1) is 0 Å². The van der Waals surface area contributed by atoms with E-state index in [9.17, 15) is 0 Å². The Kier molecular flexibility index (Phi) is 10.5. The normalized spacial score (nSPS) is 16.7. The van der Waals surface area contributed by atoms with Gasteiger partial charge in [-0.05, 0) is 142 Å². The van der Waals surface area contributed by atoms with Crippen LogP contribution >= 0.6 is 0 Å². The lowest BCUT2D eigenvalue weighted by Crippen LogP contribution is -2.29. The van der Waals surface area contributed by atoms with E-state index in [0.29, 0.717) is 0 Å². The van der Waals surface area contributed by atoms with Gasteiger partial charge in [-0.25, -0.2) is 0 Å². The molecule has 10 aromatic carbocycles. The van der Waals surface area contributed by atoms with Crippen molar-refractivity contribution in [2.24, 2.45) is 0 Å². The Hall–Kier alpha value is -8.00. The van der Waals surface area contributed by atoms with Crippen LogP contribution < -0.4 is 4.90 Å². The summed E-state index contributed by atoms with van der Waals surface area (Å²) in [6.07, 6.45) is 0. The van der Waals surface area contributed by atoms with Crippen molar-refractivity contribution in [2.45, 2.75) is 63.2 Å². The average Bonchev–Trinajstić information content (AvgIpc) is 3.87. The Morgan fingerprint density at radius 2 is 0.648 bits per heavy atom. The van der Waals surface area contributed by atoms with Crippen LogP contribution in [0.4, 0.5) is 17.1 Å².